The standard InChI is InChI=1S/C24H31N3O6/c1-7-26(8-2)11-12-27-20(16-10-9-13(3)33-16)18(22(29)23(27)30)21(28)17-14(4)19(24(31)32-6)25-15(17)5/h9-10,20,25,28H,7-8,11-12H2,1-6H3/b21-18+/t20-/m0/s1. The van der Waals surface area contributed by atoms with Gasteiger partial charge in [0.25, 0.3) is 11.7 Å². The molecule has 0 aliphatic carbocycles. The molecule has 2 aromatic rings. The molecule has 3 rings (SSSR count). The Bertz CT molecular complexity index is 1110. The molecule has 9 heteroatoms. The second kappa shape index (κ2) is 9.66. The van der Waals surface area contributed by atoms with Gasteiger partial charge in [0.2, 0.25) is 0 Å². The van der Waals surface area contributed by atoms with Crippen LogP contribution in [0.15, 0.2) is 22.1 Å². The Hall–Kier alpha value is -3.33. The molecule has 1 saturated heterocycles. The van der Waals surface area contributed by atoms with Crippen LogP contribution in [-0.2, 0) is 14.3 Å². The number of hydrogen-bond acceptors (Lipinski definition) is 7. The van der Waals surface area contributed by atoms with Crippen LogP contribution in [0.4, 0.5) is 0 Å². The van der Waals surface area contributed by atoms with Gasteiger partial charge < -0.3 is 29.0 Å². The minimum Gasteiger partial charge on any atom is -0.507 e. The molecular formula is C24H31N3O6. The predicted octanol–water partition coefficient (Wildman–Crippen LogP) is 3.08. The third-order valence-corrected chi connectivity index (χ3v) is 6.19. The summed E-state index contributed by atoms with van der Waals surface area (Å²) in [6.07, 6.45) is 0. The highest BCUT2D eigenvalue weighted by Gasteiger charge is 2.48. The molecule has 178 valence electrons. The minimum atomic E-state index is -0.871. The smallest absolute Gasteiger partial charge is 0.354 e. The Labute approximate surface area is 193 Å². The number of aromatic amines is 1. The zero-order valence-corrected chi connectivity index (χ0v) is 19.9. The largest absolute Gasteiger partial charge is 0.507 e. The summed E-state index contributed by atoms with van der Waals surface area (Å²) < 4.78 is 10.6. The van der Waals surface area contributed by atoms with E-state index in [0.717, 1.165) is 13.1 Å². The van der Waals surface area contributed by atoms with E-state index in [9.17, 15) is 19.5 Å². The molecule has 1 fully saturated rings. The first-order valence-corrected chi connectivity index (χ1v) is 11.0. The Morgan fingerprint density at radius 3 is 2.42 bits per heavy atom. The van der Waals surface area contributed by atoms with Gasteiger partial charge >= 0.3 is 5.97 Å². The Balaban J connectivity index is 2.15. The fourth-order valence-corrected chi connectivity index (χ4v) is 4.34. The lowest BCUT2D eigenvalue weighted by molar-refractivity contribution is -0.140. The fraction of sp³-hybridized carbons (Fsp3) is 0.458. The lowest BCUT2D eigenvalue weighted by Gasteiger charge is -2.26. The lowest BCUT2D eigenvalue weighted by atomic mass is 9.97. The number of rotatable bonds is 8. The van der Waals surface area contributed by atoms with E-state index in [2.05, 4.69) is 9.88 Å². The van der Waals surface area contributed by atoms with Gasteiger partial charge in [-0.2, -0.15) is 0 Å². The molecule has 0 saturated carbocycles. The molecule has 33 heavy (non-hydrogen) atoms. The summed E-state index contributed by atoms with van der Waals surface area (Å²) in [5.74, 6) is -1.40. The third-order valence-electron chi connectivity index (χ3n) is 6.19. The maximum absolute atomic E-state index is 13.2. The van der Waals surface area contributed by atoms with E-state index >= 15 is 0 Å². The molecule has 0 unspecified atom stereocenters. The van der Waals surface area contributed by atoms with Crippen LogP contribution in [0.2, 0.25) is 0 Å². The summed E-state index contributed by atoms with van der Waals surface area (Å²) in [4.78, 5) is 44.8. The van der Waals surface area contributed by atoms with Crippen molar-refractivity contribution < 1.29 is 28.6 Å². The zero-order chi connectivity index (χ0) is 24.4. The number of H-pyrrole nitrogens is 1. The number of aromatic nitrogens is 1. The van der Waals surface area contributed by atoms with E-state index in [0.29, 0.717) is 41.4 Å². The maximum Gasteiger partial charge on any atom is 0.354 e. The quantitative estimate of drug-likeness (QED) is 0.271. The molecule has 0 radical (unpaired) electrons. The summed E-state index contributed by atoms with van der Waals surface area (Å²) in [6.45, 7) is 11.6. The number of nitrogens with zero attached hydrogens (tertiary/aromatic N) is 2. The predicted molar refractivity (Wildman–Crippen MR) is 122 cm³/mol. The van der Waals surface area contributed by atoms with E-state index < -0.39 is 23.7 Å². The van der Waals surface area contributed by atoms with Crippen LogP contribution in [0, 0.1) is 20.8 Å². The van der Waals surface area contributed by atoms with Crippen LogP contribution in [0.3, 0.4) is 0 Å². The highest BCUT2D eigenvalue weighted by Crippen LogP contribution is 2.41. The van der Waals surface area contributed by atoms with Crippen molar-refractivity contribution in [3.05, 3.63) is 51.7 Å². The van der Waals surface area contributed by atoms with Crippen molar-refractivity contribution in [2.75, 3.05) is 33.3 Å². The molecule has 0 spiro atoms. The number of carbonyl (C=O) groups excluding carboxylic acids is 3. The van der Waals surface area contributed by atoms with Crippen molar-refractivity contribution in [3.63, 3.8) is 0 Å². The fourth-order valence-electron chi connectivity index (χ4n) is 4.34. The molecule has 2 N–H and O–H groups in total. The molecule has 2 aromatic heterocycles. The summed E-state index contributed by atoms with van der Waals surface area (Å²) in [7, 11) is 1.26. The lowest BCUT2D eigenvalue weighted by Crippen LogP contribution is -2.37. The molecule has 1 aliphatic heterocycles. The number of Topliss-reactive ketones (excluding diaryl/α,β-unsaturated/α-hetero) is 1. The van der Waals surface area contributed by atoms with Gasteiger partial charge in [0.1, 0.15) is 29.0 Å². The number of carbonyl (C=O) groups is 3. The van der Waals surface area contributed by atoms with Crippen molar-refractivity contribution in [2.24, 2.45) is 0 Å². The molecule has 9 nitrogen and oxygen atoms in total. The first kappa shape index (κ1) is 24.3. The number of nitrogens with one attached hydrogen (secondary N) is 1. The molecular weight excluding hydrogens is 426 g/mol. The van der Waals surface area contributed by atoms with Gasteiger partial charge in [0.05, 0.1) is 12.7 Å². The number of esters is 1. The van der Waals surface area contributed by atoms with Gasteiger partial charge in [0.15, 0.2) is 0 Å². The summed E-state index contributed by atoms with van der Waals surface area (Å²) in [5.41, 5.74) is 1.33. The molecule has 1 amide bonds. The SMILES string of the molecule is CCN(CC)CCN1C(=O)C(=O)/C(=C(/O)c2c(C)[nH]c(C(=O)OC)c2C)[C@@H]1c1ccc(C)o1. The molecule has 3 heterocycles. The topological polar surface area (TPSA) is 116 Å². The first-order chi connectivity index (χ1) is 15.7. The second-order valence-corrected chi connectivity index (χ2v) is 8.08. The number of likely N-dealkylation sites (N-methyl/N-ethyl adjacent to an activating group) is 1. The van der Waals surface area contributed by atoms with Crippen molar-refractivity contribution in [1.82, 2.24) is 14.8 Å². The average molecular weight is 458 g/mol. The third kappa shape index (κ3) is 4.32. The number of aliphatic hydroxyl groups excluding tert-OH is 1. The van der Waals surface area contributed by atoms with Crippen LogP contribution in [0.25, 0.3) is 5.76 Å². The van der Waals surface area contributed by atoms with E-state index in [1.807, 2.05) is 13.8 Å². The van der Waals surface area contributed by atoms with Gasteiger partial charge in [-0.1, -0.05) is 13.8 Å². The number of methoxy groups -OCH3 is 1. The van der Waals surface area contributed by atoms with E-state index in [1.165, 1.54) is 12.0 Å². The van der Waals surface area contributed by atoms with Gasteiger partial charge in [0, 0.05) is 24.3 Å². The molecule has 0 aromatic carbocycles. The Kier molecular flexibility index (Phi) is 7.12. The zero-order valence-electron chi connectivity index (χ0n) is 19.9. The van der Waals surface area contributed by atoms with Gasteiger partial charge in [-0.3, -0.25) is 9.59 Å². The van der Waals surface area contributed by atoms with Crippen LogP contribution in [0.1, 0.15) is 58.7 Å². The van der Waals surface area contributed by atoms with Crippen LogP contribution in [0.5, 0.6) is 0 Å². The number of amides is 1. The minimum absolute atomic E-state index is 0.0597. The van der Waals surface area contributed by atoms with Gasteiger partial charge in [-0.25, -0.2) is 4.79 Å². The Morgan fingerprint density at radius 1 is 1.21 bits per heavy atom. The van der Waals surface area contributed by atoms with Crippen molar-refractivity contribution in [1.29, 1.82) is 0 Å². The highest BCUT2D eigenvalue weighted by molar-refractivity contribution is 6.46. The van der Waals surface area contributed by atoms with E-state index in [-0.39, 0.29) is 17.0 Å². The van der Waals surface area contributed by atoms with Crippen molar-refractivity contribution in [2.45, 2.75) is 40.7 Å². The Morgan fingerprint density at radius 2 is 1.88 bits per heavy atom. The summed E-state index contributed by atoms with van der Waals surface area (Å²) >= 11 is 0. The summed E-state index contributed by atoms with van der Waals surface area (Å²) in [5, 5.41) is 11.3. The van der Waals surface area contributed by atoms with E-state index in [1.54, 1.807) is 32.9 Å². The molecule has 1 atom stereocenters. The first-order valence-electron chi connectivity index (χ1n) is 11.0. The average Bonchev–Trinajstić information content (AvgIpc) is 3.42. The highest BCUT2D eigenvalue weighted by atomic mass is 16.5. The van der Waals surface area contributed by atoms with Gasteiger partial charge in [-0.05, 0) is 51.6 Å². The number of aliphatic hydroxyl groups is 1. The van der Waals surface area contributed by atoms with Crippen molar-refractivity contribution >= 4 is 23.4 Å². The van der Waals surface area contributed by atoms with Crippen LogP contribution < -0.4 is 0 Å². The number of furan rings is 1. The number of hydrogen-bond donors (Lipinski definition) is 2. The number of ether oxygens (including phenoxy) is 1. The second-order valence-electron chi connectivity index (χ2n) is 8.08. The van der Waals surface area contributed by atoms with Crippen LogP contribution >= 0.6 is 0 Å². The van der Waals surface area contributed by atoms with Crippen LogP contribution in [-0.4, -0.2) is 70.8 Å². The molecule has 0 bridgehead atoms. The van der Waals surface area contributed by atoms with E-state index in [4.69, 9.17) is 9.15 Å². The number of aryl methyl sites for hydroxylation is 2. The normalized spacial score (nSPS) is 17.9. The van der Waals surface area contributed by atoms with Gasteiger partial charge in [-0.15, -0.1) is 0 Å². The summed E-state index contributed by atoms with van der Waals surface area (Å²) in [6, 6.07) is 2.59. The number of likely N-dealkylation sites (tertiary alicyclic amines) is 1. The monoisotopic (exact) mass is 457 g/mol. The van der Waals surface area contributed by atoms with Crippen molar-refractivity contribution in [3.8, 4) is 0 Å². The molecule has 1 aliphatic rings. The number of ketones is 1. The maximum atomic E-state index is 13.2.